The second-order valence-corrected chi connectivity index (χ2v) is 8.86. The largest absolute Gasteiger partial charge is 0.396 e. The number of hydrogen-bond acceptors (Lipinski definition) is 1. The molecule has 15 heavy (non-hydrogen) atoms. The number of aliphatic hydroxyl groups is 1. The normalized spacial score (nSPS) is 12.9. The fourth-order valence-corrected chi connectivity index (χ4v) is 4.41. The second kappa shape index (κ2) is 5.28. The third-order valence-electron chi connectivity index (χ3n) is 2.63. The molecule has 0 unspecified atom stereocenters. The molecule has 0 saturated heterocycles. The number of hydrogen-bond donors (Lipinski definition) is 1. The molecule has 1 aromatic carbocycles. The maximum atomic E-state index is 8.88. The van der Waals surface area contributed by atoms with Crippen molar-refractivity contribution >= 4 is 13.3 Å². The summed E-state index contributed by atoms with van der Waals surface area (Å²) in [6, 6.07) is 10.7. The molecule has 0 aliphatic rings. The molecule has 0 heterocycles. The molecule has 0 bridgehead atoms. The Morgan fingerprint density at radius 1 is 1.27 bits per heavy atom. The minimum absolute atomic E-state index is 0.252. The van der Waals surface area contributed by atoms with Gasteiger partial charge in [-0.15, -0.1) is 0 Å². The summed E-state index contributed by atoms with van der Waals surface area (Å²) in [6.07, 6.45) is 0.795. The Kier molecular flexibility index (Phi) is 4.30. The summed E-state index contributed by atoms with van der Waals surface area (Å²) in [6.45, 7) is 7.03. The number of rotatable bonds is 4. The minimum Gasteiger partial charge on any atom is -0.396 e. The van der Waals surface area contributed by atoms with Crippen molar-refractivity contribution in [3.63, 3.8) is 0 Å². The molecular formula is C13H20OSi. The van der Waals surface area contributed by atoms with Crippen LogP contribution in [0.4, 0.5) is 0 Å². The predicted molar refractivity (Wildman–Crippen MR) is 69.0 cm³/mol. The van der Waals surface area contributed by atoms with E-state index in [9.17, 15) is 0 Å². The Bertz CT molecular complexity index is 328. The van der Waals surface area contributed by atoms with Gasteiger partial charge in [-0.25, -0.2) is 0 Å². The lowest BCUT2D eigenvalue weighted by atomic mass is 10.3. The van der Waals surface area contributed by atoms with Crippen LogP contribution >= 0.6 is 0 Å². The van der Waals surface area contributed by atoms with E-state index in [0.717, 1.165) is 6.42 Å². The zero-order chi connectivity index (χ0) is 11.3. The van der Waals surface area contributed by atoms with Gasteiger partial charge in [-0.1, -0.05) is 59.9 Å². The second-order valence-electron chi connectivity index (χ2n) is 4.55. The van der Waals surface area contributed by atoms with Crippen LogP contribution in [0.2, 0.25) is 13.1 Å². The summed E-state index contributed by atoms with van der Waals surface area (Å²) in [7, 11) is -1.45. The van der Waals surface area contributed by atoms with E-state index >= 15 is 0 Å². The summed E-state index contributed by atoms with van der Waals surface area (Å²) in [4.78, 5) is 0. The van der Waals surface area contributed by atoms with Crippen molar-refractivity contribution in [1.82, 2.24) is 0 Å². The fourth-order valence-electron chi connectivity index (χ4n) is 1.82. The Morgan fingerprint density at radius 3 is 2.40 bits per heavy atom. The Hall–Kier alpha value is -0.863. The third-order valence-corrected chi connectivity index (χ3v) is 5.67. The van der Waals surface area contributed by atoms with Crippen molar-refractivity contribution < 1.29 is 5.11 Å². The molecule has 0 aromatic heterocycles. The maximum absolute atomic E-state index is 8.88. The molecule has 1 nitrogen and oxygen atoms in total. The molecule has 0 saturated carbocycles. The van der Waals surface area contributed by atoms with Crippen LogP contribution in [0.1, 0.15) is 13.3 Å². The van der Waals surface area contributed by atoms with Gasteiger partial charge in [0.25, 0.3) is 0 Å². The van der Waals surface area contributed by atoms with Crippen molar-refractivity contribution in [2.24, 2.45) is 0 Å². The molecule has 2 heteroatoms. The van der Waals surface area contributed by atoms with E-state index in [0.29, 0.717) is 0 Å². The summed E-state index contributed by atoms with van der Waals surface area (Å²) in [5.41, 5.74) is 3.68. The maximum Gasteiger partial charge on any atom is 0.104 e. The molecule has 0 radical (unpaired) electrons. The molecule has 82 valence electrons. The smallest absolute Gasteiger partial charge is 0.104 e. The highest BCUT2D eigenvalue weighted by Crippen LogP contribution is 2.10. The first kappa shape index (κ1) is 12.2. The molecule has 0 amide bonds. The van der Waals surface area contributed by atoms with Crippen LogP contribution in [0.15, 0.2) is 41.6 Å². The van der Waals surface area contributed by atoms with Crippen LogP contribution in [-0.4, -0.2) is 19.8 Å². The van der Waals surface area contributed by atoms with E-state index in [1.165, 1.54) is 10.8 Å². The van der Waals surface area contributed by atoms with Crippen LogP contribution in [0, 0.1) is 0 Å². The van der Waals surface area contributed by atoms with E-state index in [1.54, 1.807) is 0 Å². The lowest BCUT2D eigenvalue weighted by Crippen LogP contribution is -2.39. The third kappa shape index (κ3) is 3.65. The SMILES string of the molecule is C/C(=C\[Si](C)(C)c1ccccc1)CCO. The van der Waals surface area contributed by atoms with Gasteiger partial charge in [0.1, 0.15) is 8.07 Å². The number of aliphatic hydroxyl groups excluding tert-OH is 1. The van der Waals surface area contributed by atoms with Crippen LogP contribution < -0.4 is 5.19 Å². The van der Waals surface area contributed by atoms with Gasteiger partial charge in [0, 0.05) is 6.61 Å². The first-order chi connectivity index (χ1) is 7.06. The summed E-state index contributed by atoms with van der Waals surface area (Å²) in [5, 5.41) is 10.3. The van der Waals surface area contributed by atoms with Gasteiger partial charge in [-0.05, 0) is 13.3 Å². The molecular weight excluding hydrogens is 200 g/mol. The Morgan fingerprint density at radius 2 is 1.87 bits per heavy atom. The van der Waals surface area contributed by atoms with Crippen molar-refractivity contribution in [3.05, 3.63) is 41.6 Å². The van der Waals surface area contributed by atoms with Gasteiger partial charge in [0.2, 0.25) is 0 Å². The van der Waals surface area contributed by atoms with Gasteiger partial charge in [0.15, 0.2) is 0 Å². The first-order valence-corrected chi connectivity index (χ1v) is 8.49. The molecule has 0 spiro atoms. The molecule has 1 rings (SSSR count). The molecule has 0 aliphatic heterocycles. The monoisotopic (exact) mass is 220 g/mol. The van der Waals surface area contributed by atoms with Crippen molar-refractivity contribution in [1.29, 1.82) is 0 Å². The van der Waals surface area contributed by atoms with Crippen LogP contribution in [-0.2, 0) is 0 Å². The predicted octanol–water partition coefficient (Wildman–Crippen LogP) is 2.47. The topological polar surface area (TPSA) is 20.2 Å². The fraction of sp³-hybridized carbons (Fsp3) is 0.385. The lowest BCUT2D eigenvalue weighted by Gasteiger charge is -2.19. The van der Waals surface area contributed by atoms with Gasteiger partial charge in [0.05, 0.1) is 0 Å². The van der Waals surface area contributed by atoms with Gasteiger partial charge in [-0.3, -0.25) is 0 Å². The summed E-state index contributed by atoms with van der Waals surface area (Å²) >= 11 is 0. The van der Waals surface area contributed by atoms with Crippen molar-refractivity contribution in [3.8, 4) is 0 Å². The number of benzene rings is 1. The van der Waals surface area contributed by atoms with E-state index in [2.05, 4.69) is 56.0 Å². The van der Waals surface area contributed by atoms with Crippen molar-refractivity contribution in [2.45, 2.75) is 26.4 Å². The molecule has 0 fully saturated rings. The zero-order valence-corrected chi connectivity index (χ0v) is 10.8. The molecule has 1 N–H and O–H groups in total. The average molecular weight is 220 g/mol. The molecule has 0 atom stereocenters. The molecule has 0 aliphatic carbocycles. The van der Waals surface area contributed by atoms with E-state index in [4.69, 9.17) is 5.11 Å². The highest BCUT2D eigenvalue weighted by atomic mass is 28.3. The van der Waals surface area contributed by atoms with Crippen molar-refractivity contribution in [2.75, 3.05) is 6.61 Å². The molecule has 1 aromatic rings. The standard InChI is InChI=1S/C13H20OSi/c1-12(9-10-14)11-15(2,3)13-7-5-4-6-8-13/h4-8,11,14H,9-10H2,1-3H3/b12-11+. The highest BCUT2D eigenvalue weighted by Gasteiger charge is 2.19. The van der Waals surface area contributed by atoms with Crippen LogP contribution in [0.25, 0.3) is 0 Å². The Balaban J connectivity index is 2.88. The van der Waals surface area contributed by atoms with E-state index < -0.39 is 8.07 Å². The van der Waals surface area contributed by atoms with Gasteiger partial charge >= 0.3 is 0 Å². The Labute approximate surface area is 93.5 Å². The average Bonchev–Trinajstić information content (AvgIpc) is 2.18. The van der Waals surface area contributed by atoms with Gasteiger partial charge < -0.3 is 5.11 Å². The van der Waals surface area contributed by atoms with Gasteiger partial charge in [-0.2, -0.15) is 0 Å². The van der Waals surface area contributed by atoms with Crippen LogP contribution in [0.5, 0.6) is 0 Å². The van der Waals surface area contributed by atoms with E-state index in [1.807, 2.05) is 0 Å². The summed E-state index contributed by atoms with van der Waals surface area (Å²) < 4.78 is 0. The highest BCUT2D eigenvalue weighted by molar-refractivity contribution is 6.94. The minimum atomic E-state index is -1.45. The summed E-state index contributed by atoms with van der Waals surface area (Å²) in [5.74, 6) is 0. The zero-order valence-electron chi connectivity index (χ0n) is 9.83. The van der Waals surface area contributed by atoms with Crippen LogP contribution in [0.3, 0.4) is 0 Å². The van der Waals surface area contributed by atoms with E-state index in [-0.39, 0.29) is 6.61 Å². The first-order valence-electron chi connectivity index (χ1n) is 5.41. The lowest BCUT2D eigenvalue weighted by molar-refractivity contribution is 0.299. The quantitative estimate of drug-likeness (QED) is 0.773.